The Morgan fingerprint density at radius 1 is 0.882 bits per heavy atom. The summed E-state index contributed by atoms with van der Waals surface area (Å²) in [6.07, 6.45) is 0. The zero-order valence-electron chi connectivity index (χ0n) is 18.5. The number of ether oxygens (including phenoxy) is 1. The molecule has 0 atom stereocenters. The summed E-state index contributed by atoms with van der Waals surface area (Å²) >= 11 is 0. The third-order valence-electron chi connectivity index (χ3n) is 5.26. The van der Waals surface area contributed by atoms with Gasteiger partial charge in [-0.3, -0.25) is 24.1 Å². The fraction of sp³-hybridized carbons (Fsp3) is 0.154. The second-order valence-electron chi connectivity index (χ2n) is 7.66. The second-order valence-corrected chi connectivity index (χ2v) is 7.66. The summed E-state index contributed by atoms with van der Waals surface area (Å²) in [4.78, 5) is 50.6. The number of hydrogen-bond donors (Lipinski definition) is 2. The predicted molar refractivity (Wildman–Crippen MR) is 126 cm³/mol. The zero-order chi connectivity index (χ0) is 24.1. The Hall–Kier alpha value is -4.46. The molecule has 0 spiro atoms. The fourth-order valence-corrected chi connectivity index (χ4v) is 3.61. The molecular formula is C26H23N3O5. The molecule has 8 nitrogen and oxygen atoms in total. The van der Waals surface area contributed by atoms with Crippen molar-refractivity contribution in [1.29, 1.82) is 0 Å². The van der Waals surface area contributed by atoms with Gasteiger partial charge in [-0.25, -0.2) is 0 Å². The lowest BCUT2D eigenvalue weighted by molar-refractivity contribution is -0.122. The Balaban J connectivity index is 1.38. The summed E-state index contributed by atoms with van der Waals surface area (Å²) in [5.74, 6) is -0.719. The summed E-state index contributed by atoms with van der Waals surface area (Å²) in [5, 5.41) is 5.45. The first-order chi connectivity index (χ1) is 16.5. The van der Waals surface area contributed by atoms with E-state index in [0.717, 1.165) is 0 Å². The summed E-state index contributed by atoms with van der Waals surface area (Å²) in [7, 11) is 0. The summed E-state index contributed by atoms with van der Waals surface area (Å²) in [6.45, 7) is 2.35. The van der Waals surface area contributed by atoms with Crippen LogP contribution in [-0.4, -0.2) is 41.7 Å². The first kappa shape index (κ1) is 22.7. The summed E-state index contributed by atoms with van der Waals surface area (Å²) < 4.78 is 5.40. The van der Waals surface area contributed by atoms with Gasteiger partial charge in [0.05, 0.1) is 17.7 Å². The molecule has 0 saturated carbocycles. The fourth-order valence-electron chi connectivity index (χ4n) is 3.61. The van der Waals surface area contributed by atoms with Gasteiger partial charge in [-0.2, -0.15) is 0 Å². The maximum atomic E-state index is 12.7. The molecule has 1 aliphatic heterocycles. The highest BCUT2D eigenvalue weighted by Gasteiger charge is 2.34. The molecule has 0 aromatic heterocycles. The van der Waals surface area contributed by atoms with Gasteiger partial charge in [0.1, 0.15) is 5.75 Å². The van der Waals surface area contributed by atoms with Crippen molar-refractivity contribution in [2.75, 3.05) is 18.5 Å². The Labute approximate surface area is 196 Å². The number of hydrogen-bond acceptors (Lipinski definition) is 5. The highest BCUT2D eigenvalue weighted by atomic mass is 16.5. The Morgan fingerprint density at radius 2 is 1.56 bits per heavy atom. The Kier molecular flexibility index (Phi) is 6.68. The van der Waals surface area contributed by atoms with Gasteiger partial charge in [-0.15, -0.1) is 0 Å². The number of carbonyl (C=O) groups is 4. The molecule has 0 aliphatic carbocycles. The average Bonchev–Trinajstić information content (AvgIpc) is 3.09. The molecule has 2 N–H and O–H groups in total. The largest absolute Gasteiger partial charge is 0.484 e. The van der Waals surface area contributed by atoms with Crippen LogP contribution < -0.4 is 15.4 Å². The molecule has 1 aliphatic rings. The van der Waals surface area contributed by atoms with Gasteiger partial charge in [-0.05, 0) is 61.0 Å². The number of imide groups is 1. The second kappa shape index (κ2) is 9.99. The van der Waals surface area contributed by atoms with Crippen molar-refractivity contribution in [1.82, 2.24) is 10.2 Å². The van der Waals surface area contributed by atoms with Crippen LogP contribution in [0.4, 0.5) is 5.69 Å². The van der Waals surface area contributed by atoms with Crippen molar-refractivity contribution in [3.63, 3.8) is 0 Å². The number of amides is 4. The van der Waals surface area contributed by atoms with Crippen molar-refractivity contribution < 1.29 is 23.9 Å². The lowest BCUT2D eigenvalue weighted by Gasteiger charge is -2.14. The average molecular weight is 457 g/mol. The third kappa shape index (κ3) is 4.96. The number of carbonyl (C=O) groups excluding carboxylic acids is 4. The molecule has 0 bridgehead atoms. The van der Waals surface area contributed by atoms with E-state index in [1.54, 1.807) is 72.8 Å². The van der Waals surface area contributed by atoms with Gasteiger partial charge < -0.3 is 15.4 Å². The van der Waals surface area contributed by atoms with Crippen LogP contribution in [-0.2, 0) is 11.3 Å². The smallest absolute Gasteiger partial charge is 0.261 e. The number of likely N-dealkylation sites (N-methyl/N-ethyl adjacent to an activating group) is 1. The van der Waals surface area contributed by atoms with Gasteiger partial charge in [0.2, 0.25) is 0 Å². The number of benzene rings is 3. The van der Waals surface area contributed by atoms with Crippen molar-refractivity contribution >= 4 is 29.3 Å². The van der Waals surface area contributed by atoms with E-state index in [-0.39, 0.29) is 36.8 Å². The first-order valence-corrected chi connectivity index (χ1v) is 10.8. The van der Waals surface area contributed by atoms with Crippen molar-refractivity contribution in [2.24, 2.45) is 0 Å². The monoisotopic (exact) mass is 457 g/mol. The van der Waals surface area contributed by atoms with E-state index in [1.807, 2.05) is 6.92 Å². The lowest BCUT2D eigenvalue weighted by atomic mass is 10.1. The number of nitrogens with one attached hydrogen (secondary N) is 2. The molecule has 0 unspecified atom stereocenters. The Bertz CT molecular complexity index is 1220. The van der Waals surface area contributed by atoms with Crippen LogP contribution in [0.5, 0.6) is 5.75 Å². The topological polar surface area (TPSA) is 105 Å². The molecule has 172 valence electrons. The molecule has 8 heteroatoms. The van der Waals surface area contributed by atoms with Crippen LogP contribution in [0, 0.1) is 0 Å². The molecule has 0 fully saturated rings. The van der Waals surface area contributed by atoms with Crippen molar-refractivity contribution in [3.8, 4) is 5.75 Å². The van der Waals surface area contributed by atoms with Gasteiger partial charge in [0.25, 0.3) is 23.6 Å². The molecule has 4 rings (SSSR count). The molecule has 0 radical (unpaired) electrons. The van der Waals surface area contributed by atoms with Gasteiger partial charge >= 0.3 is 0 Å². The quantitative estimate of drug-likeness (QED) is 0.506. The van der Waals surface area contributed by atoms with Gasteiger partial charge in [0.15, 0.2) is 6.61 Å². The normalized spacial score (nSPS) is 12.3. The van der Waals surface area contributed by atoms with Crippen molar-refractivity contribution in [2.45, 2.75) is 13.5 Å². The third-order valence-corrected chi connectivity index (χ3v) is 5.26. The van der Waals surface area contributed by atoms with E-state index in [4.69, 9.17) is 4.74 Å². The minimum atomic E-state index is -0.343. The van der Waals surface area contributed by atoms with E-state index in [1.165, 1.54) is 4.90 Å². The zero-order valence-corrected chi connectivity index (χ0v) is 18.5. The van der Waals surface area contributed by atoms with Crippen LogP contribution in [0.2, 0.25) is 0 Å². The summed E-state index contributed by atoms with van der Waals surface area (Å²) in [6, 6.07) is 20.2. The number of anilines is 1. The standard InChI is InChI=1S/C26H23N3O5/c1-2-27-23(30)16-34-20-12-10-19(11-13-20)28-24(31)18-7-5-6-17(14-18)15-29-25(32)21-8-3-4-9-22(21)26(29)33/h3-14H,2,15-16H2,1H3,(H,27,30)(H,28,31). The molecule has 4 amide bonds. The maximum Gasteiger partial charge on any atom is 0.261 e. The number of rotatable bonds is 8. The van der Waals surface area contributed by atoms with E-state index >= 15 is 0 Å². The highest BCUT2D eigenvalue weighted by Crippen LogP contribution is 2.24. The van der Waals surface area contributed by atoms with Gasteiger partial charge in [-0.1, -0.05) is 24.3 Å². The first-order valence-electron chi connectivity index (χ1n) is 10.8. The van der Waals surface area contributed by atoms with Crippen LogP contribution in [0.3, 0.4) is 0 Å². The van der Waals surface area contributed by atoms with Crippen molar-refractivity contribution in [3.05, 3.63) is 95.1 Å². The van der Waals surface area contributed by atoms with Crippen LogP contribution in [0.15, 0.2) is 72.8 Å². The van der Waals surface area contributed by atoms with Crippen LogP contribution in [0.25, 0.3) is 0 Å². The van der Waals surface area contributed by atoms with Gasteiger partial charge in [0, 0.05) is 17.8 Å². The predicted octanol–water partition coefficient (Wildman–Crippen LogP) is 3.25. The maximum absolute atomic E-state index is 12.7. The minimum Gasteiger partial charge on any atom is -0.484 e. The lowest BCUT2D eigenvalue weighted by Crippen LogP contribution is -2.29. The Morgan fingerprint density at radius 3 is 2.21 bits per heavy atom. The number of fused-ring (bicyclic) bond motifs is 1. The minimum absolute atomic E-state index is 0.0745. The SMILES string of the molecule is CCNC(=O)COc1ccc(NC(=O)c2cccc(CN3C(=O)c4ccccc4C3=O)c2)cc1. The summed E-state index contributed by atoms with van der Waals surface area (Å²) in [5.41, 5.74) is 2.39. The molecule has 0 saturated heterocycles. The highest BCUT2D eigenvalue weighted by molar-refractivity contribution is 6.21. The van der Waals surface area contributed by atoms with Crippen LogP contribution in [0.1, 0.15) is 43.6 Å². The molecular weight excluding hydrogens is 434 g/mol. The van der Waals surface area contributed by atoms with E-state index in [2.05, 4.69) is 10.6 Å². The number of nitrogens with zero attached hydrogens (tertiary/aromatic N) is 1. The molecule has 3 aromatic carbocycles. The van der Waals surface area contributed by atoms with E-state index < -0.39 is 0 Å². The molecule has 34 heavy (non-hydrogen) atoms. The molecule has 1 heterocycles. The molecule has 3 aromatic rings. The van der Waals surface area contributed by atoms with E-state index in [0.29, 0.717) is 40.2 Å². The van der Waals surface area contributed by atoms with E-state index in [9.17, 15) is 19.2 Å². The van der Waals surface area contributed by atoms with Crippen LogP contribution >= 0.6 is 0 Å².